The van der Waals surface area contributed by atoms with E-state index in [0.717, 1.165) is 16.7 Å². The number of nitrogens with one attached hydrogen (secondary N) is 1. The highest BCUT2D eigenvalue weighted by Crippen LogP contribution is 2.47. The van der Waals surface area contributed by atoms with Gasteiger partial charge >= 0.3 is 5.97 Å². The molecule has 1 aromatic rings. The average molecular weight is 472 g/mol. The fraction of sp³-hybridized carbons (Fsp3) is 0.533. The zero-order valence-corrected chi connectivity index (χ0v) is 18.3. The van der Waals surface area contributed by atoms with Gasteiger partial charge in [-0.05, 0) is 16.0 Å². The number of carbonyl (C=O) groups excluding carboxylic acids is 2. The number of amides is 2. The van der Waals surface area contributed by atoms with Gasteiger partial charge in [0.25, 0.3) is 11.6 Å². The van der Waals surface area contributed by atoms with Crippen LogP contribution in [0.3, 0.4) is 0 Å². The van der Waals surface area contributed by atoms with Crippen molar-refractivity contribution in [3.63, 3.8) is 0 Å². The topological polar surface area (TPSA) is 163 Å². The highest BCUT2D eigenvalue weighted by molar-refractivity contribution is 8.01. The second-order valence-corrected chi connectivity index (χ2v) is 9.11. The molecule has 1 aromatic heterocycles. The summed E-state index contributed by atoms with van der Waals surface area (Å²) in [6, 6.07) is 1.92. The maximum absolute atomic E-state index is 12.9. The molecule has 0 radical (unpaired) electrons. The van der Waals surface area contributed by atoms with Crippen LogP contribution in [0.5, 0.6) is 0 Å². The van der Waals surface area contributed by atoms with Gasteiger partial charge in [-0.1, -0.05) is 11.8 Å². The lowest BCUT2D eigenvalue weighted by molar-refractivity contribution is -0.192. The second-order valence-electron chi connectivity index (χ2n) is 6.11. The zero-order chi connectivity index (χ0) is 21.9. The molecule has 0 aromatic carbocycles. The molecular weight excluding hydrogens is 454 g/mol. The molecule has 30 heavy (non-hydrogen) atoms. The van der Waals surface area contributed by atoms with Gasteiger partial charge in [0.2, 0.25) is 11.1 Å². The van der Waals surface area contributed by atoms with Crippen molar-refractivity contribution in [2.45, 2.75) is 16.3 Å². The second kappa shape index (κ2) is 9.25. The van der Waals surface area contributed by atoms with E-state index in [1.807, 2.05) is 6.07 Å². The smallest absolute Gasteiger partial charge is 0.352 e. The molecule has 15 heteroatoms. The van der Waals surface area contributed by atoms with Gasteiger partial charge in [0.05, 0.1) is 17.6 Å². The van der Waals surface area contributed by atoms with E-state index < -0.39 is 28.9 Å². The first-order valence-electron chi connectivity index (χ1n) is 8.42. The van der Waals surface area contributed by atoms with Gasteiger partial charge in [0.1, 0.15) is 11.1 Å². The number of ether oxygens (including phenoxy) is 1. The molecule has 2 aliphatic heterocycles. The minimum atomic E-state index is -1.64. The lowest BCUT2D eigenvalue weighted by atomic mass is 9.98. The summed E-state index contributed by atoms with van der Waals surface area (Å²) in [6.07, 6.45) is 0. The predicted octanol–water partition coefficient (Wildman–Crippen LogP) is -0.728. The molecule has 2 amide bonds. The van der Waals surface area contributed by atoms with Gasteiger partial charge in [0.15, 0.2) is 0 Å². The highest BCUT2D eigenvalue weighted by Gasteiger charge is 2.66. The molecule has 1 fully saturated rings. The Morgan fingerprint density at radius 2 is 2.30 bits per heavy atom. The zero-order valence-electron chi connectivity index (χ0n) is 15.9. The van der Waals surface area contributed by atoms with Gasteiger partial charge < -0.3 is 15.2 Å². The van der Waals surface area contributed by atoms with Gasteiger partial charge in [-0.15, -0.1) is 28.6 Å². The van der Waals surface area contributed by atoms with E-state index in [-0.39, 0.29) is 23.0 Å². The monoisotopic (exact) mass is 471 g/mol. The number of aromatic nitrogens is 4. The van der Waals surface area contributed by atoms with E-state index in [0.29, 0.717) is 16.5 Å². The van der Waals surface area contributed by atoms with Crippen molar-refractivity contribution in [1.82, 2.24) is 30.4 Å². The number of thioether (sulfide) groups is 3. The molecule has 2 atom stereocenters. The summed E-state index contributed by atoms with van der Waals surface area (Å²) < 4.78 is 6.83. The van der Waals surface area contributed by atoms with Crippen molar-refractivity contribution < 1.29 is 24.2 Å². The van der Waals surface area contributed by atoms with Crippen molar-refractivity contribution in [3.8, 4) is 6.07 Å². The predicted molar refractivity (Wildman–Crippen MR) is 108 cm³/mol. The van der Waals surface area contributed by atoms with Crippen LogP contribution < -0.4 is 5.32 Å². The Morgan fingerprint density at radius 3 is 2.90 bits per heavy atom. The summed E-state index contributed by atoms with van der Waals surface area (Å²) in [5.41, 5.74) is -1.21. The first-order chi connectivity index (χ1) is 14.4. The molecule has 160 valence electrons. The first kappa shape index (κ1) is 22.4. The Bertz CT molecular complexity index is 945. The fourth-order valence-corrected chi connectivity index (χ4v) is 5.86. The maximum Gasteiger partial charge on any atom is 0.352 e. The lowest BCUT2D eigenvalue weighted by Crippen LogP contribution is -2.80. The average Bonchev–Trinajstić information content (AvgIpc) is 3.14. The Kier molecular flexibility index (Phi) is 6.91. The Balaban J connectivity index is 1.78. The number of carboxylic acid groups (broad SMARTS) is 1. The number of aliphatic carboxylic acids is 1. The normalized spacial score (nSPS) is 22.9. The van der Waals surface area contributed by atoms with Gasteiger partial charge in [0, 0.05) is 25.7 Å². The molecule has 1 saturated heterocycles. The summed E-state index contributed by atoms with van der Waals surface area (Å²) in [5, 5.41) is 31.8. The molecule has 0 spiro atoms. The number of methoxy groups -OCH3 is 1. The number of nitriles is 1. The van der Waals surface area contributed by atoms with Gasteiger partial charge in [-0.3, -0.25) is 14.5 Å². The van der Waals surface area contributed by atoms with Gasteiger partial charge in [-0.2, -0.15) is 5.26 Å². The van der Waals surface area contributed by atoms with Crippen LogP contribution in [-0.2, 0) is 26.2 Å². The van der Waals surface area contributed by atoms with Gasteiger partial charge in [-0.25, -0.2) is 9.48 Å². The molecule has 1 unspecified atom stereocenters. The Hall–Kier alpha value is -2.28. The molecule has 0 aliphatic carbocycles. The summed E-state index contributed by atoms with van der Waals surface area (Å²) in [4.78, 5) is 38.2. The summed E-state index contributed by atoms with van der Waals surface area (Å²) in [5.74, 6) is -1.61. The first-order valence-corrected chi connectivity index (χ1v) is 11.6. The van der Waals surface area contributed by atoms with Crippen LogP contribution in [0.25, 0.3) is 0 Å². The van der Waals surface area contributed by atoms with E-state index in [2.05, 4.69) is 20.8 Å². The number of fused-ring (bicyclic) bond motifs is 1. The van der Waals surface area contributed by atoms with Crippen LogP contribution in [0.1, 0.15) is 0 Å². The van der Waals surface area contributed by atoms with Crippen molar-refractivity contribution in [1.29, 1.82) is 5.26 Å². The van der Waals surface area contributed by atoms with E-state index in [4.69, 9.17) is 10.00 Å². The maximum atomic E-state index is 12.9. The van der Waals surface area contributed by atoms with E-state index in [1.165, 1.54) is 35.3 Å². The third kappa shape index (κ3) is 4.00. The lowest BCUT2D eigenvalue weighted by Gasteiger charge is -2.55. The molecule has 0 saturated carbocycles. The van der Waals surface area contributed by atoms with Crippen molar-refractivity contribution >= 4 is 53.1 Å². The van der Waals surface area contributed by atoms with Crippen molar-refractivity contribution in [2.75, 3.05) is 30.1 Å². The number of nitrogens with zero attached hydrogens (tertiary/aromatic N) is 6. The van der Waals surface area contributed by atoms with Crippen LogP contribution in [0, 0.1) is 11.3 Å². The number of hydrogen-bond donors (Lipinski definition) is 2. The van der Waals surface area contributed by atoms with Crippen LogP contribution in [-0.4, -0.2) is 89.2 Å². The number of tetrazole rings is 1. The van der Waals surface area contributed by atoms with E-state index >= 15 is 0 Å². The van der Waals surface area contributed by atoms with Crippen LogP contribution >= 0.6 is 35.3 Å². The molecule has 12 nitrogen and oxygen atoms in total. The quantitative estimate of drug-likeness (QED) is 0.201. The van der Waals surface area contributed by atoms with Crippen LogP contribution in [0.2, 0.25) is 0 Å². The van der Waals surface area contributed by atoms with Crippen molar-refractivity contribution in [3.05, 3.63) is 11.3 Å². The number of aryl methyl sites for hydroxylation is 1. The van der Waals surface area contributed by atoms with Crippen LogP contribution in [0.15, 0.2) is 16.4 Å². The Labute approximate surface area is 183 Å². The summed E-state index contributed by atoms with van der Waals surface area (Å²) >= 11 is 3.67. The minimum absolute atomic E-state index is 0.0153. The minimum Gasteiger partial charge on any atom is -0.477 e. The Morgan fingerprint density at radius 1 is 1.53 bits per heavy atom. The fourth-order valence-electron chi connectivity index (χ4n) is 2.98. The van der Waals surface area contributed by atoms with Crippen molar-refractivity contribution in [2.24, 2.45) is 7.05 Å². The SMILES string of the molecule is COC1(NC(=O)CSCC#N)C(=O)N2C(C(=O)O)=C(CSc3nnnn3C)CS[C@H]21. The molecule has 2 N–H and O–H groups in total. The third-order valence-corrected chi connectivity index (χ3v) is 7.59. The van der Waals surface area contributed by atoms with E-state index in [9.17, 15) is 19.5 Å². The molecule has 3 rings (SSSR count). The van der Waals surface area contributed by atoms with E-state index in [1.54, 1.807) is 7.05 Å². The molecule has 2 aliphatic rings. The number of carbonyl (C=O) groups is 3. The number of carboxylic acids is 1. The molecule has 0 bridgehead atoms. The standard InChI is InChI=1S/C15H17N7O5S3/c1-21-14(18-19-20-21)30-6-8-5-29-13-15(27-2,17-9(23)7-28-4-3-16)12(26)22(13)10(8)11(24)25/h13H,4-7H2,1-2H3,(H,17,23)(H,24,25)/t13-,15?/m0/s1. The summed E-state index contributed by atoms with van der Waals surface area (Å²) in [6.45, 7) is 0. The number of rotatable bonds is 9. The van der Waals surface area contributed by atoms with Crippen LogP contribution in [0.4, 0.5) is 0 Å². The largest absolute Gasteiger partial charge is 0.477 e. The third-order valence-electron chi connectivity index (χ3n) is 4.32. The highest BCUT2D eigenvalue weighted by atomic mass is 32.2. The number of hydrogen-bond acceptors (Lipinski definition) is 11. The molecular formula is C15H17N7O5S3. The summed E-state index contributed by atoms with van der Waals surface area (Å²) in [7, 11) is 2.96. The molecule has 3 heterocycles. The number of β-lactam (4-membered cyclic amide) rings is 1.